The van der Waals surface area contributed by atoms with E-state index >= 15 is 0 Å². The minimum Gasteiger partial charge on any atom is -0.469 e. The van der Waals surface area contributed by atoms with Crippen LogP contribution >= 0.6 is 0 Å². The van der Waals surface area contributed by atoms with Crippen LogP contribution in [0.5, 0.6) is 0 Å². The molecule has 2 aromatic rings. The van der Waals surface area contributed by atoms with Crippen LogP contribution in [0.1, 0.15) is 41.8 Å². The first-order valence-corrected chi connectivity index (χ1v) is 6.66. The van der Waals surface area contributed by atoms with Gasteiger partial charge in [-0.25, -0.2) is 4.39 Å². The first-order valence-electron chi connectivity index (χ1n) is 6.66. The zero-order valence-electron chi connectivity index (χ0n) is 11.7. The summed E-state index contributed by atoms with van der Waals surface area (Å²) in [6, 6.07) is 6.89. The van der Waals surface area contributed by atoms with E-state index in [-0.39, 0.29) is 11.9 Å². The van der Waals surface area contributed by atoms with Crippen molar-refractivity contribution < 1.29 is 8.81 Å². The number of hydrogen-bond acceptors (Lipinski definition) is 2. The fourth-order valence-corrected chi connectivity index (χ4v) is 2.23. The van der Waals surface area contributed by atoms with E-state index in [2.05, 4.69) is 12.2 Å². The Balaban J connectivity index is 2.39. The van der Waals surface area contributed by atoms with Crippen molar-refractivity contribution in [2.75, 3.05) is 6.54 Å². The van der Waals surface area contributed by atoms with Crippen molar-refractivity contribution in [1.29, 1.82) is 0 Å². The molecular weight excluding hydrogens is 241 g/mol. The monoisotopic (exact) mass is 261 g/mol. The number of rotatable bonds is 5. The van der Waals surface area contributed by atoms with Gasteiger partial charge in [0.05, 0.1) is 12.3 Å². The molecule has 102 valence electrons. The highest BCUT2D eigenvalue weighted by Gasteiger charge is 2.18. The molecule has 0 bridgehead atoms. The van der Waals surface area contributed by atoms with Crippen molar-refractivity contribution in [3.8, 4) is 0 Å². The summed E-state index contributed by atoms with van der Waals surface area (Å²) in [4.78, 5) is 0. The van der Waals surface area contributed by atoms with E-state index in [4.69, 9.17) is 4.42 Å². The van der Waals surface area contributed by atoms with Gasteiger partial charge in [0.1, 0.15) is 11.6 Å². The quantitative estimate of drug-likeness (QED) is 0.875. The molecule has 0 saturated carbocycles. The second-order valence-electron chi connectivity index (χ2n) is 4.88. The van der Waals surface area contributed by atoms with Gasteiger partial charge in [-0.3, -0.25) is 0 Å². The third-order valence-corrected chi connectivity index (χ3v) is 3.23. The van der Waals surface area contributed by atoms with E-state index in [1.807, 2.05) is 26.0 Å². The SMILES string of the molecule is CCCNC(c1coc(C)c1)c1cc(F)ccc1C. The fourth-order valence-electron chi connectivity index (χ4n) is 2.23. The second kappa shape index (κ2) is 6.02. The van der Waals surface area contributed by atoms with Crippen molar-refractivity contribution in [2.45, 2.75) is 33.2 Å². The van der Waals surface area contributed by atoms with Gasteiger partial charge in [0, 0.05) is 5.56 Å². The van der Waals surface area contributed by atoms with Gasteiger partial charge in [0.25, 0.3) is 0 Å². The Morgan fingerprint density at radius 1 is 1.26 bits per heavy atom. The Bertz CT molecular complexity index is 547. The predicted molar refractivity (Wildman–Crippen MR) is 74.7 cm³/mol. The van der Waals surface area contributed by atoms with Crippen molar-refractivity contribution in [1.82, 2.24) is 5.32 Å². The van der Waals surface area contributed by atoms with Crippen molar-refractivity contribution in [3.63, 3.8) is 0 Å². The largest absolute Gasteiger partial charge is 0.469 e. The summed E-state index contributed by atoms with van der Waals surface area (Å²) in [6.07, 6.45) is 2.77. The molecule has 0 amide bonds. The Morgan fingerprint density at radius 2 is 2.05 bits per heavy atom. The standard InChI is InChI=1S/C16H20FNO/c1-4-7-18-16(13-8-12(3)19-10-13)15-9-14(17)6-5-11(15)2/h5-6,8-10,16,18H,4,7H2,1-3H3. The predicted octanol–water partition coefficient (Wildman–Crippen LogP) is 4.12. The van der Waals surface area contributed by atoms with Gasteiger partial charge < -0.3 is 9.73 Å². The van der Waals surface area contributed by atoms with Crippen molar-refractivity contribution in [2.24, 2.45) is 0 Å². The summed E-state index contributed by atoms with van der Waals surface area (Å²) in [6.45, 7) is 6.91. The summed E-state index contributed by atoms with van der Waals surface area (Å²) in [5.41, 5.74) is 3.09. The average Bonchev–Trinajstić information content (AvgIpc) is 2.80. The molecule has 1 unspecified atom stereocenters. The Kier molecular flexibility index (Phi) is 4.38. The molecule has 0 saturated heterocycles. The highest BCUT2D eigenvalue weighted by Crippen LogP contribution is 2.27. The molecule has 0 aliphatic rings. The van der Waals surface area contributed by atoms with Crippen LogP contribution < -0.4 is 5.32 Å². The summed E-state index contributed by atoms with van der Waals surface area (Å²) in [5.74, 6) is 0.663. The number of benzene rings is 1. The van der Waals surface area contributed by atoms with E-state index < -0.39 is 0 Å². The molecule has 19 heavy (non-hydrogen) atoms. The molecule has 0 radical (unpaired) electrons. The summed E-state index contributed by atoms with van der Waals surface area (Å²) in [5, 5.41) is 3.46. The topological polar surface area (TPSA) is 25.2 Å². The van der Waals surface area contributed by atoms with Crippen LogP contribution in [0.3, 0.4) is 0 Å². The highest BCUT2D eigenvalue weighted by molar-refractivity contribution is 5.36. The summed E-state index contributed by atoms with van der Waals surface area (Å²) < 4.78 is 18.9. The third kappa shape index (κ3) is 3.24. The molecule has 0 aliphatic carbocycles. The molecule has 2 nitrogen and oxygen atoms in total. The number of halogens is 1. The molecule has 0 spiro atoms. The van der Waals surface area contributed by atoms with E-state index in [0.717, 1.165) is 35.4 Å². The maximum absolute atomic E-state index is 13.5. The number of furan rings is 1. The maximum Gasteiger partial charge on any atom is 0.123 e. The van der Waals surface area contributed by atoms with Gasteiger partial charge in [-0.2, -0.15) is 0 Å². The maximum atomic E-state index is 13.5. The molecular formula is C16H20FNO. The number of aryl methyl sites for hydroxylation is 2. The molecule has 0 fully saturated rings. The van der Waals surface area contributed by atoms with Gasteiger partial charge in [-0.15, -0.1) is 0 Å². The van der Waals surface area contributed by atoms with Crippen LogP contribution in [0.15, 0.2) is 34.9 Å². The van der Waals surface area contributed by atoms with Crippen LogP contribution in [-0.4, -0.2) is 6.54 Å². The number of hydrogen-bond donors (Lipinski definition) is 1. The zero-order chi connectivity index (χ0) is 13.8. The summed E-state index contributed by atoms with van der Waals surface area (Å²) in [7, 11) is 0. The van der Waals surface area contributed by atoms with E-state index in [0.29, 0.717) is 0 Å². The van der Waals surface area contributed by atoms with Crippen LogP contribution in [0.2, 0.25) is 0 Å². The third-order valence-electron chi connectivity index (χ3n) is 3.23. The van der Waals surface area contributed by atoms with Crippen LogP contribution in [0.25, 0.3) is 0 Å². The Morgan fingerprint density at radius 3 is 2.68 bits per heavy atom. The normalized spacial score (nSPS) is 12.6. The van der Waals surface area contributed by atoms with E-state index in [1.54, 1.807) is 12.3 Å². The second-order valence-corrected chi connectivity index (χ2v) is 4.88. The van der Waals surface area contributed by atoms with Gasteiger partial charge in [-0.1, -0.05) is 13.0 Å². The summed E-state index contributed by atoms with van der Waals surface area (Å²) >= 11 is 0. The van der Waals surface area contributed by atoms with Gasteiger partial charge in [0.2, 0.25) is 0 Å². The lowest BCUT2D eigenvalue weighted by Gasteiger charge is -2.19. The van der Waals surface area contributed by atoms with Crippen molar-refractivity contribution in [3.05, 3.63) is 58.8 Å². The van der Waals surface area contributed by atoms with Gasteiger partial charge in [0.15, 0.2) is 0 Å². The Labute approximate surface area is 113 Å². The van der Waals surface area contributed by atoms with Crippen LogP contribution in [-0.2, 0) is 0 Å². The first-order chi connectivity index (χ1) is 9.11. The minimum atomic E-state index is -0.205. The van der Waals surface area contributed by atoms with Crippen LogP contribution in [0.4, 0.5) is 4.39 Å². The molecule has 1 heterocycles. The smallest absolute Gasteiger partial charge is 0.123 e. The van der Waals surface area contributed by atoms with Gasteiger partial charge in [-0.05, 0) is 56.1 Å². The molecule has 1 aromatic carbocycles. The molecule has 1 aromatic heterocycles. The molecule has 0 aliphatic heterocycles. The lowest BCUT2D eigenvalue weighted by molar-refractivity contribution is 0.522. The fraction of sp³-hybridized carbons (Fsp3) is 0.375. The molecule has 1 atom stereocenters. The Hall–Kier alpha value is -1.61. The molecule has 2 rings (SSSR count). The van der Waals surface area contributed by atoms with Gasteiger partial charge >= 0.3 is 0 Å². The zero-order valence-corrected chi connectivity index (χ0v) is 11.7. The lowest BCUT2D eigenvalue weighted by Crippen LogP contribution is -2.23. The van der Waals surface area contributed by atoms with Crippen LogP contribution in [0, 0.1) is 19.7 Å². The molecule has 1 N–H and O–H groups in total. The average molecular weight is 261 g/mol. The molecule has 3 heteroatoms. The first kappa shape index (κ1) is 13.8. The van der Waals surface area contributed by atoms with E-state index in [1.165, 1.54) is 6.07 Å². The van der Waals surface area contributed by atoms with E-state index in [9.17, 15) is 4.39 Å². The number of nitrogens with one attached hydrogen (secondary N) is 1. The van der Waals surface area contributed by atoms with Crippen molar-refractivity contribution >= 4 is 0 Å². The highest BCUT2D eigenvalue weighted by atomic mass is 19.1. The minimum absolute atomic E-state index is 0.0203. The lowest BCUT2D eigenvalue weighted by atomic mass is 9.96.